The summed E-state index contributed by atoms with van der Waals surface area (Å²) in [6.07, 6.45) is 4.83. The van der Waals surface area contributed by atoms with E-state index >= 15 is 0 Å². The number of nitrogens with zero attached hydrogens (tertiary/aromatic N) is 2. The van der Waals surface area contributed by atoms with Gasteiger partial charge >= 0.3 is 5.97 Å². The molecule has 0 aromatic carbocycles. The third-order valence-corrected chi connectivity index (χ3v) is 2.48. The Kier molecular flexibility index (Phi) is 2.66. The smallest absolute Gasteiger partial charge is 0.352 e. The number of aromatic carboxylic acids is 1. The Morgan fingerprint density at radius 1 is 1.56 bits per heavy atom. The van der Waals surface area contributed by atoms with Crippen LogP contribution in [0.15, 0.2) is 30.7 Å². The maximum atomic E-state index is 11.0. The van der Waals surface area contributed by atoms with E-state index in [1.165, 1.54) is 10.6 Å². The molecule has 16 heavy (non-hydrogen) atoms. The number of halogens is 1. The zero-order valence-corrected chi connectivity index (χ0v) is 9.27. The van der Waals surface area contributed by atoms with Crippen LogP contribution in [0.2, 0.25) is 5.02 Å². The summed E-state index contributed by atoms with van der Waals surface area (Å²) in [5.41, 5.74) is 1.78. The van der Waals surface area contributed by atoms with Crippen molar-refractivity contribution >= 4 is 17.6 Å². The van der Waals surface area contributed by atoms with E-state index in [1.54, 1.807) is 18.6 Å². The van der Waals surface area contributed by atoms with E-state index in [9.17, 15) is 4.79 Å². The minimum Gasteiger partial charge on any atom is -0.477 e. The molecule has 4 nitrogen and oxygen atoms in total. The van der Waals surface area contributed by atoms with Gasteiger partial charge in [-0.3, -0.25) is 4.98 Å². The Morgan fingerprint density at radius 3 is 2.94 bits per heavy atom. The maximum Gasteiger partial charge on any atom is 0.352 e. The van der Waals surface area contributed by atoms with Crippen molar-refractivity contribution in [2.24, 2.45) is 0 Å². The SMILES string of the molecule is Cc1ccncc1-n1cc(Cl)cc1C(=O)O. The summed E-state index contributed by atoms with van der Waals surface area (Å²) in [6, 6.07) is 3.23. The van der Waals surface area contributed by atoms with Crippen LogP contribution in [0.25, 0.3) is 5.69 Å². The number of carboxylic acids is 1. The fraction of sp³-hybridized carbons (Fsp3) is 0.0909. The molecule has 5 heteroatoms. The van der Waals surface area contributed by atoms with Gasteiger partial charge in [-0.2, -0.15) is 0 Å². The minimum atomic E-state index is -1.02. The van der Waals surface area contributed by atoms with Crippen molar-refractivity contribution in [3.63, 3.8) is 0 Å². The largest absolute Gasteiger partial charge is 0.477 e. The first-order valence-electron chi connectivity index (χ1n) is 4.62. The fourth-order valence-corrected chi connectivity index (χ4v) is 1.70. The van der Waals surface area contributed by atoms with E-state index in [2.05, 4.69) is 4.98 Å². The predicted octanol–water partition coefficient (Wildman–Crippen LogP) is 2.53. The average Bonchev–Trinajstić information content (AvgIpc) is 2.61. The van der Waals surface area contributed by atoms with Gasteiger partial charge < -0.3 is 9.67 Å². The van der Waals surface area contributed by atoms with Gasteiger partial charge in [0.1, 0.15) is 5.69 Å². The Morgan fingerprint density at radius 2 is 2.31 bits per heavy atom. The molecule has 0 spiro atoms. The van der Waals surface area contributed by atoms with Gasteiger partial charge in [-0.25, -0.2) is 4.79 Å². The number of carboxylic acid groups (broad SMARTS) is 1. The predicted molar refractivity (Wildman–Crippen MR) is 60.3 cm³/mol. The molecule has 0 amide bonds. The Labute approximate surface area is 97.1 Å². The van der Waals surface area contributed by atoms with Gasteiger partial charge in [-0.1, -0.05) is 11.6 Å². The molecule has 0 aliphatic carbocycles. The third kappa shape index (κ3) is 1.79. The lowest BCUT2D eigenvalue weighted by molar-refractivity contribution is 0.0688. The fourth-order valence-electron chi connectivity index (χ4n) is 1.50. The molecule has 0 aliphatic rings. The standard InChI is InChI=1S/C11H9ClN2O2/c1-7-2-3-13-5-10(7)14-6-8(12)4-9(14)11(15)16/h2-6H,1H3,(H,15,16). The first-order valence-corrected chi connectivity index (χ1v) is 4.99. The van der Waals surface area contributed by atoms with Crippen molar-refractivity contribution in [3.05, 3.63) is 47.0 Å². The highest BCUT2D eigenvalue weighted by Gasteiger charge is 2.14. The number of pyridine rings is 1. The van der Waals surface area contributed by atoms with Crippen molar-refractivity contribution in [1.29, 1.82) is 0 Å². The minimum absolute atomic E-state index is 0.126. The van der Waals surface area contributed by atoms with Crippen LogP contribution in [0.3, 0.4) is 0 Å². The lowest BCUT2D eigenvalue weighted by Gasteiger charge is -2.08. The summed E-state index contributed by atoms with van der Waals surface area (Å²) in [5, 5.41) is 9.42. The van der Waals surface area contributed by atoms with E-state index in [4.69, 9.17) is 16.7 Å². The molecule has 0 fully saturated rings. The molecule has 82 valence electrons. The quantitative estimate of drug-likeness (QED) is 0.872. The Bertz CT molecular complexity index is 549. The first-order chi connectivity index (χ1) is 7.59. The molecule has 2 heterocycles. The number of rotatable bonds is 2. The maximum absolute atomic E-state index is 11.0. The molecule has 0 unspecified atom stereocenters. The molecule has 2 rings (SSSR count). The summed E-state index contributed by atoms with van der Waals surface area (Å²) in [6.45, 7) is 1.89. The van der Waals surface area contributed by atoms with Crippen LogP contribution in [0.4, 0.5) is 0 Å². The summed E-state index contributed by atoms with van der Waals surface area (Å²) in [4.78, 5) is 15.0. The van der Waals surface area contributed by atoms with Gasteiger partial charge in [0.2, 0.25) is 0 Å². The highest BCUT2D eigenvalue weighted by Crippen LogP contribution is 2.21. The molecule has 0 bridgehead atoms. The summed E-state index contributed by atoms with van der Waals surface area (Å²) in [7, 11) is 0. The number of aromatic nitrogens is 2. The van der Waals surface area contributed by atoms with Crippen molar-refractivity contribution in [1.82, 2.24) is 9.55 Å². The molecule has 0 saturated heterocycles. The molecule has 0 saturated carbocycles. The number of hydrogen-bond donors (Lipinski definition) is 1. The van der Waals surface area contributed by atoms with E-state index in [-0.39, 0.29) is 5.69 Å². The van der Waals surface area contributed by atoms with Gasteiger partial charge in [0.15, 0.2) is 0 Å². The molecule has 0 atom stereocenters. The molecule has 0 aliphatic heterocycles. The Balaban J connectivity index is 2.64. The number of carbonyl (C=O) groups is 1. The van der Waals surface area contributed by atoms with E-state index < -0.39 is 5.97 Å². The highest BCUT2D eigenvalue weighted by atomic mass is 35.5. The monoisotopic (exact) mass is 236 g/mol. The lowest BCUT2D eigenvalue weighted by Crippen LogP contribution is -2.06. The van der Waals surface area contributed by atoms with Crippen molar-refractivity contribution in [2.45, 2.75) is 6.92 Å². The summed E-state index contributed by atoms with van der Waals surface area (Å²) >= 11 is 5.81. The van der Waals surface area contributed by atoms with Crippen LogP contribution >= 0.6 is 11.6 Å². The average molecular weight is 237 g/mol. The molecular weight excluding hydrogens is 228 g/mol. The van der Waals surface area contributed by atoms with Gasteiger partial charge in [-0.15, -0.1) is 0 Å². The Hall–Kier alpha value is -1.81. The lowest BCUT2D eigenvalue weighted by atomic mass is 10.2. The van der Waals surface area contributed by atoms with Crippen LogP contribution in [-0.2, 0) is 0 Å². The van der Waals surface area contributed by atoms with Crippen LogP contribution in [0.1, 0.15) is 16.1 Å². The van der Waals surface area contributed by atoms with Gasteiger partial charge in [-0.05, 0) is 24.6 Å². The number of hydrogen-bond acceptors (Lipinski definition) is 2. The van der Waals surface area contributed by atoms with Crippen molar-refractivity contribution < 1.29 is 9.90 Å². The molecule has 1 N–H and O–H groups in total. The van der Waals surface area contributed by atoms with Crippen LogP contribution < -0.4 is 0 Å². The highest BCUT2D eigenvalue weighted by molar-refractivity contribution is 6.31. The first kappa shape index (κ1) is 10.7. The summed E-state index contributed by atoms with van der Waals surface area (Å²) < 4.78 is 1.52. The zero-order chi connectivity index (χ0) is 11.7. The molecular formula is C11H9ClN2O2. The molecule has 2 aromatic rings. The zero-order valence-electron chi connectivity index (χ0n) is 8.51. The third-order valence-electron chi connectivity index (χ3n) is 2.28. The van der Waals surface area contributed by atoms with Crippen LogP contribution in [0, 0.1) is 6.92 Å². The second-order valence-electron chi connectivity index (χ2n) is 3.38. The van der Waals surface area contributed by atoms with Crippen LogP contribution in [-0.4, -0.2) is 20.6 Å². The van der Waals surface area contributed by atoms with E-state index in [1.807, 2.05) is 13.0 Å². The van der Waals surface area contributed by atoms with Crippen LogP contribution in [0.5, 0.6) is 0 Å². The topological polar surface area (TPSA) is 55.1 Å². The van der Waals surface area contributed by atoms with Gasteiger partial charge in [0.25, 0.3) is 0 Å². The van der Waals surface area contributed by atoms with E-state index in [0.29, 0.717) is 10.7 Å². The van der Waals surface area contributed by atoms with Crippen molar-refractivity contribution in [3.8, 4) is 5.69 Å². The van der Waals surface area contributed by atoms with E-state index in [0.717, 1.165) is 5.56 Å². The second kappa shape index (κ2) is 3.98. The van der Waals surface area contributed by atoms with Gasteiger partial charge in [0, 0.05) is 12.4 Å². The molecule has 0 radical (unpaired) electrons. The summed E-state index contributed by atoms with van der Waals surface area (Å²) in [5.74, 6) is -1.02. The van der Waals surface area contributed by atoms with Gasteiger partial charge in [0.05, 0.1) is 16.9 Å². The number of aryl methyl sites for hydroxylation is 1. The van der Waals surface area contributed by atoms with Crippen molar-refractivity contribution in [2.75, 3.05) is 0 Å². The second-order valence-corrected chi connectivity index (χ2v) is 3.82. The normalized spacial score (nSPS) is 10.4. The molecule has 2 aromatic heterocycles.